The Morgan fingerprint density at radius 1 is 1.25 bits per heavy atom. The number of nitrogens with zero attached hydrogens (tertiary/aromatic N) is 2. The van der Waals surface area contributed by atoms with Crippen molar-refractivity contribution in [2.45, 2.75) is 13.8 Å². The minimum absolute atomic E-state index is 0.0639. The first-order valence-corrected chi connectivity index (χ1v) is 8.91. The van der Waals surface area contributed by atoms with Gasteiger partial charge in [0.2, 0.25) is 10.0 Å². The predicted molar refractivity (Wildman–Crippen MR) is 83.4 cm³/mol. The molecule has 0 aliphatic carbocycles. The SMILES string of the molecule is CN(C)CC(C)(C)CNS(=O)(=O)CCN1CCNCC1. The third-order valence-corrected chi connectivity index (χ3v) is 4.70. The lowest BCUT2D eigenvalue weighted by Crippen LogP contribution is -2.46. The van der Waals surface area contributed by atoms with Crippen LogP contribution in [0.5, 0.6) is 0 Å². The van der Waals surface area contributed by atoms with Crippen LogP contribution in [0.25, 0.3) is 0 Å². The summed E-state index contributed by atoms with van der Waals surface area (Å²) in [4.78, 5) is 4.27. The van der Waals surface area contributed by atoms with Gasteiger partial charge in [0.25, 0.3) is 0 Å². The molecule has 0 amide bonds. The van der Waals surface area contributed by atoms with E-state index in [9.17, 15) is 8.42 Å². The van der Waals surface area contributed by atoms with E-state index in [0.717, 1.165) is 32.7 Å². The van der Waals surface area contributed by atoms with Crippen LogP contribution >= 0.6 is 0 Å². The Morgan fingerprint density at radius 2 is 1.85 bits per heavy atom. The Kier molecular flexibility index (Phi) is 6.87. The molecular formula is C13H30N4O2S. The van der Waals surface area contributed by atoms with E-state index < -0.39 is 10.0 Å². The minimum Gasteiger partial charge on any atom is -0.314 e. The van der Waals surface area contributed by atoms with Gasteiger partial charge >= 0.3 is 0 Å². The predicted octanol–water partition coefficient (Wildman–Crippen LogP) is -0.601. The Hall–Kier alpha value is -0.210. The summed E-state index contributed by atoms with van der Waals surface area (Å²) in [5, 5.41) is 3.26. The molecule has 0 saturated carbocycles. The van der Waals surface area contributed by atoms with Crippen LogP contribution in [0.1, 0.15) is 13.8 Å². The van der Waals surface area contributed by atoms with Crippen LogP contribution < -0.4 is 10.0 Å². The highest BCUT2D eigenvalue weighted by molar-refractivity contribution is 7.89. The van der Waals surface area contributed by atoms with Crippen LogP contribution in [0.2, 0.25) is 0 Å². The van der Waals surface area contributed by atoms with Gasteiger partial charge in [0.15, 0.2) is 0 Å². The summed E-state index contributed by atoms with van der Waals surface area (Å²) in [6.07, 6.45) is 0. The van der Waals surface area contributed by atoms with Gasteiger partial charge in [-0.25, -0.2) is 13.1 Å². The topological polar surface area (TPSA) is 64.7 Å². The molecular weight excluding hydrogens is 276 g/mol. The van der Waals surface area contributed by atoms with Crippen LogP contribution in [0.3, 0.4) is 0 Å². The van der Waals surface area contributed by atoms with Crippen molar-refractivity contribution in [2.24, 2.45) is 5.41 Å². The summed E-state index contributed by atoms with van der Waals surface area (Å²) in [5.41, 5.74) is -0.0639. The summed E-state index contributed by atoms with van der Waals surface area (Å²) >= 11 is 0. The van der Waals surface area contributed by atoms with Crippen molar-refractivity contribution in [3.8, 4) is 0 Å². The van der Waals surface area contributed by atoms with Crippen LogP contribution in [-0.4, -0.2) is 83.9 Å². The zero-order valence-corrected chi connectivity index (χ0v) is 14.1. The Balaban J connectivity index is 2.33. The van der Waals surface area contributed by atoms with Crippen LogP contribution in [0.4, 0.5) is 0 Å². The lowest BCUT2D eigenvalue weighted by molar-refractivity contribution is 0.241. The molecule has 120 valence electrons. The number of rotatable bonds is 8. The third kappa shape index (κ3) is 7.54. The summed E-state index contributed by atoms with van der Waals surface area (Å²) in [5.74, 6) is 0.186. The van der Waals surface area contributed by atoms with Gasteiger partial charge in [-0.05, 0) is 19.5 Å². The second kappa shape index (κ2) is 7.70. The standard InChI is InChI=1S/C13H30N4O2S/c1-13(2,12-16(3)4)11-15-20(18,19)10-9-17-7-5-14-6-8-17/h14-15H,5-12H2,1-4H3. The number of sulfonamides is 1. The maximum absolute atomic E-state index is 12.0. The summed E-state index contributed by atoms with van der Waals surface area (Å²) < 4.78 is 26.8. The van der Waals surface area contributed by atoms with E-state index in [2.05, 4.69) is 33.7 Å². The summed E-state index contributed by atoms with van der Waals surface area (Å²) in [7, 11) is 0.821. The molecule has 7 heteroatoms. The molecule has 0 radical (unpaired) electrons. The maximum atomic E-state index is 12.0. The molecule has 1 aliphatic heterocycles. The van der Waals surface area contributed by atoms with E-state index >= 15 is 0 Å². The van der Waals surface area contributed by atoms with Gasteiger partial charge < -0.3 is 10.2 Å². The molecule has 20 heavy (non-hydrogen) atoms. The lowest BCUT2D eigenvalue weighted by Gasteiger charge is -2.29. The van der Waals surface area contributed by atoms with E-state index in [0.29, 0.717) is 13.1 Å². The molecule has 0 aromatic carbocycles. The van der Waals surface area contributed by atoms with E-state index in [1.54, 1.807) is 0 Å². The van der Waals surface area contributed by atoms with E-state index in [1.807, 2.05) is 14.1 Å². The molecule has 2 N–H and O–H groups in total. The number of hydrogen-bond acceptors (Lipinski definition) is 5. The van der Waals surface area contributed by atoms with E-state index in [1.165, 1.54) is 0 Å². The van der Waals surface area contributed by atoms with Crippen molar-refractivity contribution in [3.63, 3.8) is 0 Å². The normalized spacial score (nSPS) is 18.6. The van der Waals surface area contributed by atoms with Crippen molar-refractivity contribution in [2.75, 3.05) is 65.7 Å². The molecule has 1 saturated heterocycles. The van der Waals surface area contributed by atoms with Gasteiger partial charge in [-0.1, -0.05) is 13.8 Å². The first-order chi connectivity index (χ1) is 9.20. The summed E-state index contributed by atoms with van der Waals surface area (Å²) in [6.45, 7) is 9.86. The fourth-order valence-corrected chi connectivity index (χ4v) is 3.73. The second-order valence-electron chi connectivity index (χ2n) is 6.63. The highest BCUT2D eigenvalue weighted by Gasteiger charge is 2.22. The van der Waals surface area contributed by atoms with Crippen molar-refractivity contribution in [1.29, 1.82) is 0 Å². The first kappa shape index (κ1) is 17.8. The molecule has 6 nitrogen and oxygen atoms in total. The fraction of sp³-hybridized carbons (Fsp3) is 1.00. The van der Waals surface area contributed by atoms with Crippen molar-refractivity contribution < 1.29 is 8.42 Å². The van der Waals surface area contributed by atoms with E-state index in [4.69, 9.17) is 0 Å². The largest absolute Gasteiger partial charge is 0.314 e. The van der Waals surface area contributed by atoms with Gasteiger partial charge in [0.1, 0.15) is 0 Å². The molecule has 0 spiro atoms. The quantitative estimate of drug-likeness (QED) is 0.627. The molecule has 0 aromatic heterocycles. The first-order valence-electron chi connectivity index (χ1n) is 7.25. The van der Waals surface area contributed by atoms with Gasteiger partial charge in [0, 0.05) is 45.8 Å². The molecule has 0 atom stereocenters. The zero-order valence-electron chi connectivity index (χ0n) is 13.3. The Bertz CT molecular complexity index is 376. The van der Waals surface area contributed by atoms with Crippen LogP contribution in [0, 0.1) is 5.41 Å². The smallest absolute Gasteiger partial charge is 0.212 e. The molecule has 0 aromatic rings. The van der Waals surface area contributed by atoms with Gasteiger partial charge in [-0.3, -0.25) is 4.90 Å². The average molecular weight is 306 g/mol. The lowest BCUT2D eigenvalue weighted by atomic mass is 9.93. The van der Waals surface area contributed by atoms with Gasteiger partial charge in [0.05, 0.1) is 5.75 Å². The Morgan fingerprint density at radius 3 is 2.40 bits per heavy atom. The average Bonchev–Trinajstić information content (AvgIpc) is 2.34. The fourth-order valence-electron chi connectivity index (χ4n) is 2.47. The highest BCUT2D eigenvalue weighted by Crippen LogP contribution is 2.14. The Labute approximate surface area is 123 Å². The van der Waals surface area contributed by atoms with Crippen molar-refractivity contribution in [3.05, 3.63) is 0 Å². The monoisotopic (exact) mass is 306 g/mol. The van der Waals surface area contributed by atoms with Gasteiger partial charge in [-0.15, -0.1) is 0 Å². The van der Waals surface area contributed by atoms with Crippen LogP contribution in [0.15, 0.2) is 0 Å². The number of nitrogens with one attached hydrogen (secondary N) is 2. The van der Waals surface area contributed by atoms with Crippen LogP contribution in [-0.2, 0) is 10.0 Å². The minimum atomic E-state index is -3.18. The third-order valence-electron chi connectivity index (χ3n) is 3.40. The second-order valence-corrected chi connectivity index (χ2v) is 8.56. The van der Waals surface area contributed by atoms with Crippen molar-refractivity contribution in [1.82, 2.24) is 19.8 Å². The number of piperazine rings is 1. The molecule has 0 unspecified atom stereocenters. The highest BCUT2D eigenvalue weighted by atomic mass is 32.2. The molecule has 0 bridgehead atoms. The number of hydrogen-bond donors (Lipinski definition) is 2. The molecule has 1 heterocycles. The molecule has 1 fully saturated rings. The maximum Gasteiger partial charge on any atom is 0.212 e. The zero-order chi connectivity index (χ0) is 15.2. The van der Waals surface area contributed by atoms with Crippen molar-refractivity contribution >= 4 is 10.0 Å². The molecule has 1 rings (SSSR count). The molecule has 1 aliphatic rings. The van der Waals surface area contributed by atoms with E-state index in [-0.39, 0.29) is 11.2 Å². The summed E-state index contributed by atoms with van der Waals surface area (Å²) in [6, 6.07) is 0. The van der Waals surface area contributed by atoms with Gasteiger partial charge in [-0.2, -0.15) is 0 Å².